The molecule has 23 heavy (non-hydrogen) atoms. The van der Waals surface area contributed by atoms with Gasteiger partial charge >= 0.3 is 0 Å². The number of hydrogen-bond donors (Lipinski definition) is 0. The molecule has 2 heterocycles. The number of carbonyl (C=O) groups is 1. The second-order valence-corrected chi connectivity index (χ2v) is 7.17. The van der Waals surface area contributed by atoms with Crippen LogP contribution in [0.5, 0.6) is 0 Å². The lowest BCUT2D eigenvalue weighted by atomic mass is 9.96. The molecule has 2 fully saturated rings. The van der Waals surface area contributed by atoms with Crippen molar-refractivity contribution >= 4 is 5.91 Å². The maximum Gasteiger partial charge on any atom is 0.222 e. The first-order valence-electron chi connectivity index (χ1n) is 9.35. The molecule has 0 N–H and O–H groups in total. The van der Waals surface area contributed by atoms with Crippen LogP contribution in [0.15, 0.2) is 30.3 Å². The number of rotatable bonds is 6. The van der Waals surface area contributed by atoms with Crippen LogP contribution in [0.1, 0.15) is 44.1 Å². The molecular weight excluding hydrogens is 284 g/mol. The molecule has 0 unspecified atom stereocenters. The van der Waals surface area contributed by atoms with Gasteiger partial charge in [0.25, 0.3) is 0 Å². The number of carbonyl (C=O) groups excluding carboxylic acids is 1. The van der Waals surface area contributed by atoms with E-state index in [0.29, 0.717) is 12.3 Å². The lowest BCUT2D eigenvalue weighted by molar-refractivity contribution is -0.132. The Morgan fingerprint density at radius 1 is 1.00 bits per heavy atom. The van der Waals surface area contributed by atoms with Crippen LogP contribution in [-0.4, -0.2) is 48.4 Å². The number of amides is 1. The van der Waals surface area contributed by atoms with Crippen molar-refractivity contribution in [3.63, 3.8) is 0 Å². The Kier molecular flexibility index (Phi) is 6.09. The fourth-order valence-electron chi connectivity index (χ4n) is 3.94. The highest BCUT2D eigenvalue weighted by molar-refractivity contribution is 5.76. The van der Waals surface area contributed by atoms with Crippen molar-refractivity contribution in [2.24, 2.45) is 5.92 Å². The van der Waals surface area contributed by atoms with E-state index in [4.69, 9.17) is 0 Å². The molecule has 126 valence electrons. The van der Waals surface area contributed by atoms with E-state index in [1.165, 1.54) is 50.9 Å². The lowest BCUT2D eigenvalue weighted by Gasteiger charge is -2.34. The van der Waals surface area contributed by atoms with Crippen LogP contribution in [0.25, 0.3) is 0 Å². The molecule has 0 radical (unpaired) electrons. The summed E-state index contributed by atoms with van der Waals surface area (Å²) < 4.78 is 0. The van der Waals surface area contributed by atoms with Crippen molar-refractivity contribution in [1.82, 2.24) is 9.80 Å². The number of nitrogens with zero attached hydrogens (tertiary/aromatic N) is 2. The molecule has 1 aromatic rings. The van der Waals surface area contributed by atoms with E-state index in [9.17, 15) is 4.79 Å². The third kappa shape index (κ3) is 5.07. The Bertz CT molecular complexity index is 474. The van der Waals surface area contributed by atoms with Crippen LogP contribution in [0, 0.1) is 5.92 Å². The minimum Gasteiger partial charge on any atom is -0.343 e. The molecule has 0 atom stereocenters. The van der Waals surface area contributed by atoms with Crippen LogP contribution in [0.4, 0.5) is 0 Å². The zero-order valence-corrected chi connectivity index (χ0v) is 14.3. The molecule has 0 saturated carbocycles. The Morgan fingerprint density at radius 2 is 1.70 bits per heavy atom. The normalized spacial score (nSPS) is 20.1. The molecule has 0 spiro atoms. The largest absolute Gasteiger partial charge is 0.343 e. The van der Waals surface area contributed by atoms with Crippen LogP contribution >= 0.6 is 0 Å². The topological polar surface area (TPSA) is 23.6 Å². The predicted octanol–water partition coefficient (Wildman–Crippen LogP) is 3.34. The maximum atomic E-state index is 12.4. The summed E-state index contributed by atoms with van der Waals surface area (Å²) in [6.45, 7) is 5.79. The molecule has 0 bridgehead atoms. The minimum atomic E-state index is 0.362. The first-order valence-corrected chi connectivity index (χ1v) is 9.35. The van der Waals surface area contributed by atoms with Gasteiger partial charge in [0.1, 0.15) is 0 Å². The molecule has 3 heteroatoms. The van der Waals surface area contributed by atoms with E-state index in [2.05, 4.69) is 34.1 Å². The van der Waals surface area contributed by atoms with Gasteiger partial charge in [0.2, 0.25) is 5.91 Å². The van der Waals surface area contributed by atoms with E-state index >= 15 is 0 Å². The smallest absolute Gasteiger partial charge is 0.222 e. The first-order chi connectivity index (χ1) is 11.3. The predicted molar refractivity (Wildman–Crippen MR) is 94.4 cm³/mol. The van der Waals surface area contributed by atoms with Gasteiger partial charge in [0, 0.05) is 26.1 Å². The minimum absolute atomic E-state index is 0.362. The average molecular weight is 314 g/mol. The quantitative estimate of drug-likeness (QED) is 0.804. The SMILES string of the molecule is O=C(CCCc1ccccc1)N1CCC(CN2CCCC2)CC1. The van der Waals surface area contributed by atoms with Crippen molar-refractivity contribution < 1.29 is 4.79 Å². The summed E-state index contributed by atoms with van der Waals surface area (Å²) in [5, 5.41) is 0. The van der Waals surface area contributed by atoms with Crippen molar-refractivity contribution in [2.75, 3.05) is 32.7 Å². The molecule has 2 saturated heterocycles. The molecule has 1 aromatic carbocycles. The summed E-state index contributed by atoms with van der Waals surface area (Å²) in [5.41, 5.74) is 1.34. The van der Waals surface area contributed by atoms with Crippen LogP contribution < -0.4 is 0 Å². The Morgan fingerprint density at radius 3 is 2.39 bits per heavy atom. The third-order valence-electron chi connectivity index (χ3n) is 5.38. The average Bonchev–Trinajstić information content (AvgIpc) is 3.09. The summed E-state index contributed by atoms with van der Waals surface area (Å²) in [4.78, 5) is 17.1. The van der Waals surface area contributed by atoms with Crippen molar-refractivity contribution in [1.29, 1.82) is 0 Å². The van der Waals surface area contributed by atoms with Crippen molar-refractivity contribution in [2.45, 2.75) is 44.9 Å². The number of aryl methyl sites for hydroxylation is 1. The highest BCUT2D eigenvalue weighted by atomic mass is 16.2. The Hall–Kier alpha value is -1.35. The van der Waals surface area contributed by atoms with E-state index < -0.39 is 0 Å². The summed E-state index contributed by atoms with van der Waals surface area (Å²) in [6.07, 6.45) is 7.82. The van der Waals surface area contributed by atoms with E-state index in [0.717, 1.165) is 31.8 Å². The third-order valence-corrected chi connectivity index (χ3v) is 5.38. The van der Waals surface area contributed by atoms with Gasteiger partial charge < -0.3 is 9.80 Å². The zero-order valence-electron chi connectivity index (χ0n) is 14.3. The van der Waals surface area contributed by atoms with Gasteiger partial charge in [-0.25, -0.2) is 0 Å². The standard InChI is InChI=1S/C20H30N2O/c23-20(10-6-9-18-7-2-1-3-8-18)22-15-11-19(12-16-22)17-21-13-4-5-14-21/h1-3,7-8,19H,4-6,9-17H2. The number of likely N-dealkylation sites (tertiary alicyclic amines) is 2. The van der Waals surface area contributed by atoms with Gasteiger partial charge in [-0.3, -0.25) is 4.79 Å². The summed E-state index contributed by atoms with van der Waals surface area (Å²) in [5.74, 6) is 1.17. The second-order valence-electron chi connectivity index (χ2n) is 7.17. The highest BCUT2D eigenvalue weighted by Crippen LogP contribution is 2.21. The molecule has 2 aliphatic heterocycles. The van der Waals surface area contributed by atoms with Crippen LogP contribution in [0.2, 0.25) is 0 Å². The summed E-state index contributed by atoms with van der Waals surface area (Å²) >= 11 is 0. The molecular formula is C20H30N2O. The van der Waals surface area contributed by atoms with Gasteiger partial charge in [-0.15, -0.1) is 0 Å². The number of piperidine rings is 1. The highest BCUT2D eigenvalue weighted by Gasteiger charge is 2.24. The molecule has 0 aromatic heterocycles. The Balaban J connectivity index is 1.33. The second kappa shape index (κ2) is 8.49. The molecule has 2 aliphatic rings. The molecule has 3 rings (SSSR count). The van der Waals surface area contributed by atoms with Gasteiger partial charge in [0.15, 0.2) is 0 Å². The number of hydrogen-bond acceptors (Lipinski definition) is 2. The van der Waals surface area contributed by atoms with Crippen LogP contribution in [-0.2, 0) is 11.2 Å². The van der Waals surface area contributed by atoms with Crippen LogP contribution in [0.3, 0.4) is 0 Å². The number of benzene rings is 1. The molecule has 1 amide bonds. The molecule has 0 aliphatic carbocycles. The van der Waals surface area contributed by atoms with Gasteiger partial charge in [-0.2, -0.15) is 0 Å². The van der Waals surface area contributed by atoms with E-state index in [-0.39, 0.29) is 0 Å². The first kappa shape index (κ1) is 16.5. The van der Waals surface area contributed by atoms with Gasteiger partial charge in [-0.1, -0.05) is 30.3 Å². The monoisotopic (exact) mass is 314 g/mol. The van der Waals surface area contributed by atoms with Gasteiger partial charge in [0.05, 0.1) is 0 Å². The fourth-order valence-corrected chi connectivity index (χ4v) is 3.94. The molecule has 3 nitrogen and oxygen atoms in total. The maximum absolute atomic E-state index is 12.4. The van der Waals surface area contributed by atoms with Crippen molar-refractivity contribution in [3.05, 3.63) is 35.9 Å². The summed E-state index contributed by atoms with van der Waals surface area (Å²) in [6, 6.07) is 10.5. The Labute approximate surface area is 140 Å². The van der Waals surface area contributed by atoms with E-state index in [1.54, 1.807) is 0 Å². The fraction of sp³-hybridized carbons (Fsp3) is 0.650. The lowest BCUT2D eigenvalue weighted by Crippen LogP contribution is -2.41. The van der Waals surface area contributed by atoms with Crippen molar-refractivity contribution in [3.8, 4) is 0 Å². The van der Waals surface area contributed by atoms with E-state index in [1.807, 2.05) is 6.07 Å². The zero-order chi connectivity index (χ0) is 15.9. The summed E-state index contributed by atoms with van der Waals surface area (Å²) in [7, 11) is 0. The van der Waals surface area contributed by atoms with Gasteiger partial charge in [-0.05, 0) is 63.1 Å².